The minimum Gasteiger partial charge on any atom is -0.388 e. The molecule has 2 nitrogen and oxygen atoms in total. The topological polar surface area (TPSA) is 33.1 Å². The van der Waals surface area contributed by atoms with Crippen LogP contribution in [0.5, 0.6) is 0 Å². The van der Waals surface area contributed by atoms with Crippen molar-refractivity contribution in [3.63, 3.8) is 0 Å². The standard InChI is InChI=1S/C26H25NO/c28-26(20-12-5-2-6-13-20)23-17-24(19-10-3-1-4-11-19)27-25-21-14-8-7-9-18(21)15-16-22(23)25/h1,3-4,7-11,14-17,20,26,28H,2,5-6,12-13H2. The highest BCUT2D eigenvalue weighted by Crippen LogP contribution is 2.39. The first-order chi connectivity index (χ1) is 13.8. The van der Waals surface area contributed by atoms with Crippen LogP contribution in [0.15, 0.2) is 72.8 Å². The second-order valence-electron chi connectivity index (χ2n) is 7.99. The van der Waals surface area contributed by atoms with Gasteiger partial charge in [0.2, 0.25) is 0 Å². The molecule has 1 aromatic heterocycles. The van der Waals surface area contributed by atoms with Gasteiger partial charge in [-0.25, -0.2) is 4.98 Å². The van der Waals surface area contributed by atoms with E-state index in [9.17, 15) is 5.11 Å². The van der Waals surface area contributed by atoms with Gasteiger partial charge in [0, 0.05) is 16.3 Å². The zero-order chi connectivity index (χ0) is 18.9. The van der Waals surface area contributed by atoms with Crippen molar-refractivity contribution in [2.24, 2.45) is 5.92 Å². The lowest BCUT2D eigenvalue weighted by Gasteiger charge is -2.28. The third-order valence-electron chi connectivity index (χ3n) is 6.22. The Labute approximate surface area is 165 Å². The van der Waals surface area contributed by atoms with Crippen molar-refractivity contribution in [3.8, 4) is 11.3 Å². The van der Waals surface area contributed by atoms with Gasteiger partial charge in [-0.2, -0.15) is 0 Å². The minimum absolute atomic E-state index is 0.342. The van der Waals surface area contributed by atoms with Crippen LogP contribution in [0, 0.1) is 5.92 Å². The monoisotopic (exact) mass is 367 g/mol. The maximum absolute atomic E-state index is 11.4. The summed E-state index contributed by atoms with van der Waals surface area (Å²) in [7, 11) is 0. The molecule has 0 aliphatic heterocycles. The molecule has 1 aliphatic carbocycles. The summed E-state index contributed by atoms with van der Waals surface area (Å²) in [5, 5.41) is 14.8. The van der Waals surface area contributed by atoms with Crippen LogP contribution in [0.4, 0.5) is 0 Å². The van der Waals surface area contributed by atoms with Crippen LogP contribution in [-0.2, 0) is 0 Å². The summed E-state index contributed by atoms with van der Waals surface area (Å²) < 4.78 is 0. The van der Waals surface area contributed by atoms with Crippen molar-refractivity contribution < 1.29 is 5.11 Å². The van der Waals surface area contributed by atoms with Crippen molar-refractivity contribution in [1.29, 1.82) is 0 Å². The average molecular weight is 367 g/mol. The Morgan fingerprint density at radius 2 is 1.54 bits per heavy atom. The molecule has 140 valence electrons. The Kier molecular flexibility index (Phi) is 4.58. The molecule has 0 saturated heterocycles. The second-order valence-corrected chi connectivity index (χ2v) is 7.99. The number of nitrogens with zero attached hydrogens (tertiary/aromatic N) is 1. The highest BCUT2D eigenvalue weighted by molar-refractivity contribution is 6.07. The van der Waals surface area contributed by atoms with E-state index in [-0.39, 0.29) is 0 Å². The molecular formula is C26H25NO. The molecule has 0 spiro atoms. The summed E-state index contributed by atoms with van der Waals surface area (Å²) in [5.74, 6) is 0.342. The summed E-state index contributed by atoms with van der Waals surface area (Å²) in [4.78, 5) is 5.05. The van der Waals surface area contributed by atoms with Gasteiger partial charge in [-0.3, -0.25) is 0 Å². The zero-order valence-electron chi connectivity index (χ0n) is 16.0. The molecule has 0 bridgehead atoms. The van der Waals surface area contributed by atoms with Crippen molar-refractivity contribution >= 4 is 21.7 Å². The fraction of sp³-hybridized carbons (Fsp3) is 0.269. The molecule has 5 rings (SSSR count). The Bertz CT molecular complexity index is 1110. The second kappa shape index (κ2) is 7.37. The van der Waals surface area contributed by atoms with E-state index in [1.807, 2.05) is 18.2 Å². The van der Waals surface area contributed by atoms with Crippen LogP contribution in [0.1, 0.15) is 43.8 Å². The van der Waals surface area contributed by atoms with Crippen molar-refractivity contribution in [2.45, 2.75) is 38.2 Å². The molecule has 2 heteroatoms. The molecule has 1 aliphatic rings. The van der Waals surface area contributed by atoms with Crippen molar-refractivity contribution in [1.82, 2.24) is 4.98 Å². The molecule has 0 radical (unpaired) electrons. The fourth-order valence-corrected chi connectivity index (χ4v) is 4.69. The van der Waals surface area contributed by atoms with Crippen LogP contribution < -0.4 is 0 Å². The third-order valence-corrected chi connectivity index (χ3v) is 6.22. The molecular weight excluding hydrogens is 342 g/mol. The van der Waals surface area contributed by atoms with Crippen molar-refractivity contribution in [3.05, 3.63) is 78.4 Å². The average Bonchev–Trinajstić information content (AvgIpc) is 2.79. The number of aliphatic hydroxyl groups is 1. The number of benzene rings is 3. The van der Waals surface area contributed by atoms with Gasteiger partial charge in [-0.1, -0.05) is 86.0 Å². The Hall–Kier alpha value is -2.71. The van der Waals surface area contributed by atoms with Gasteiger partial charge < -0.3 is 5.11 Å². The Balaban J connectivity index is 1.76. The predicted octanol–water partition coefficient (Wildman–Crippen LogP) is 6.67. The van der Waals surface area contributed by atoms with Crippen LogP contribution in [-0.4, -0.2) is 10.1 Å². The molecule has 3 aromatic carbocycles. The van der Waals surface area contributed by atoms with Crippen LogP contribution in [0.2, 0.25) is 0 Å². The fourth-order valence-electron chi connectivity index (χ4n) is 4.69. The maximum Gasteiger partial charge on any atom is 0.0825 e. The highest BCUT2D eigenvalue weighted by atomic mass is 16.3. The van der Waals surface area contributed by atoms with E-state index in [0.29, 0.717) is 5.92 Å². The van der Waals surface area contributed by atoms with Gasteiger partial charge in [-0.15, -0.1) is 0 Å². The normalized spacial score (nSPS) is 16.5. The predicted molar refractivity (Wildman–Crippen MR) is 116 cm³/mol. The van der Waals surface area contributed by atoms with E-state index >= 15 is 0 Å². The number of aromatic nitrogens is 1. The Morgan fingerprint density at radius 1 is 0.786 bits per heavy atom. The smallest absolute Gasteiger partial charge is 0.0825 e. The molecule has 1 N–H and O–H groups in total. The highest BCUT2D eigenvalue weighted by Gasteiger charge is 2.25. The lowest BCUT2D eigenvalue weighted by molar-refractivity contribution is 0.0861. The largest absolute Gasteiger partial charge is 0.388 e. The van der Waals surface area contributed by atoms with Gasteiger partial charge in [0.05, 0.1) is 17.3 Å². The van der Waals surface area contributed by atoms with E-state index in [1.165, 1.54) is 24.6 Å². The number of hydrogen-bond acceptors (Lipinski definition) is 2. The van der Waals surface area contributed by atoms with Gasteiger partial charge >= 0.3 is 0 Å². The molecule has 1 atom stereocenters. The summed E-state index contributed by atoms with van der Waals surface area (Å²) in [6, 6.07) is 25.1. The van der Waals surface area contributed by atoms with Crippen LogP contribution in [0.3, 0.4) is 0 Å². The number of fused-ring (bicyclic) bond motifs is 3. The molecule has 1 saturated carbocycles. The van der Waals surface area contributed by atoms with E-state index in [2.05, 4.69) is 54.6 Å². The maximum atomic E-state index is 11.4. The van der Waals surface area contributed by atoms with E-state index in [4.69, 9.17) is 4.98 Å². The SMILES string of the molecule is OC(c1cc(-c2ccccc2)nc2c1ccc1ccccc12)C1CCCCC1. The number of hydrogen-bond donors (Lipinski definition) is 1. The number of pyridine rings is 1. The summed E-state index contributed by atoms with van der Waals surface area (Å²) in [5.41, 5.74) is 4.05. The van der Waals surface area contributed by atoms with Gasteiger partial charge in [0.15, 0.2) is 0 Å². The van der Waals surface area contributed by atoms with Gasteiger partial charge in [0.25, 0.3) is 0 Å². The summed E-state index contributed by atoms with van der Waals surface area (Å²) in [6.07, 6.45) is 5.52. The summed E-state index contributed by atoms with van der Waals surface area (Å²) in [6.45, 7) is 0. The zero-order valence-corrected chi connectivity index (χ0v) is 16.0. The van der Waals surface area contributed by atoms with E-state index < -0.39 is 6.10 Å². The minimum atomic E-state index is -0.436. The van der Waals surface area contributed by atoms with E-state index in [1.54, 1.807) is 0 Å². The molecule has 4 aromatic rings. The van der Waals surface area contributed by atoms with E-state index in [0.717, 1.165) is 46.0 Å². The van der Waals surface area contributed by atoms with Gasteiger partial charge in [0.1, 0.15) is 0 Å². The molecule has 28 heavy (non-hydrogen) atoms. The Morgan fingerprint density at radius 3 is 2.36 bits per heavy atom. The quantitative estimate of drug-likeness (QED) is 0.410. The lowest BCUT2D eigenvalue weighted by Crippen LogP contribution is -2.16. The van der Waals surface area contributed by atoms with Gasteiger partial charge in [-0.05, 0) is 35.8 Å². The number of aliphatic hydroxyl groups excluding tert-OH is 1. The molecule has 1 heterocycles. The first-order valence-electron chi connectivity index (χ1n) is 10.4. The van der Waals surface area contributed by atoms with Crippen LogP contribution >= 0.6 is 0 Å². The number of rotatable bonds is 3. The summed E-state index contributed by atoms with van der Waals surface area (Å²) >= 11 is 0. The first kappa shape index (κ1) is 17.4. The van der Waals surface area contributed by atoms with Crippen molar-refractivity contribution in [2.75, 3.05) is 0 Å². The molecule has 0 amide bonds. The lowest BCUT2D eigenvalue weighted by atomic mass is 9.81. The molecule has 1 fully saturated rings. The van der Waals surface area contributed by atoms with Crippen LogP contribution in [0.25, 0.3) is 32.9 Å². The third kappa shape index (κ3) is 3.08. The first-order valence-corrected chi connectivity index (χ1v) is 10.4. The molecule has 1 unspecified atom stereocenters.